The second-order valence-corrected chi connectivity index (χ2v) is 3.79. The largest absolute Gasteiger partial charge is 0.490 e. The second kappa shape index (κ2) is 3.50. The van der Waals surface area contributed by atoms with Crippen LogP contribution in [0.15, 0.2) is 18.2 Å². The van der Waals surface area contributed by atoms with Crippen molar-refractivity contribution in [3.05, 3.63) is 28.8 Å². The number of hydrogen-bond donors (Lipinski definition) is 1. The van der Waals surface area contributed by atoms with Gasteiger partial charge in [-0.3, -0.25) is 4.79 Å². The summed E-state index contributed by atoms with van der Waals surface area (Å²) in [5.74, 6) is 0.127. The van der Waals surface area contributed by atoms with Crippen LogP contribution in [0, 0.1) is 0 Å². The molecule has 14 heavy (non-hydrogen) atoms. The molecule has 0 spiro atoms. The van der Waals surface area contributed by atoms with Crippen LogP contribution in [0.25, 0.3) is 0 Å². The number of halogens is 1. The molecule has 0 bridgehead atoms. The molecular formula is C10H10ClNO2. The van der Waals surface area contributed by atoms with Crippen LogP contribution in [0.5, 0.6) is 5.75 Å². The molecule has 4 heteroatoms. The first-order chi connectivity index (χ1) is 6.65. The quantitative estimate of drug-likeness (QED) is 0.831. The van der Waals surface area contributed by atoms with Crippen LogP contribution in [0.1, 0.15) is 23.2 Å². The van der Waals surface area contributed by atoms with E-state index < -0.39 is 5.91 Å². The van der Waals surface area contributed by atoms with E-state index in [2.05, 4.69) is 0 Å². The SMILES string of the molecule is NC(=O)c1cc(Cl)cc(OC2CC2)c1. The van der Waals surface area contributed by atoms with E-state index >= 15 is 0 Å². The zero-order valence-corrected chi connectivity index (χ0v) is 8.25. The summed E-state index contributed by atoms with van der Waals surface area (Å²) in [5, 5.41) is 0.469. The number of carbonyl (C=O) groups is 1. The molecule has 3 nitrogen and oxygen atoms in total. The highest BCUT2D eigenvalue weighted by molar-refractivity contribution is 6.31. The fourth-order valence-electron chi connectivity index (χ4n) is 1.15. The Bertz CT molecular complexity index is 374. The minimum absolute atomic E-state index is 0.286. The van der Waals surface area contributed by atoms with E-state index in [1.165, 1.54) is 6.07 Å². The van der Waals surface area contributed by atoms with E-state index in [0.717, 1.165) is 12.8 Å². The molecule has 2 N–H and O–H groups in total. The summed E-state index contributed by atoms with van der Waals surface area (Å²) in [6, 6.07) is 4.84. The fraction of sp³-hybridized carbons (Fsp3) is 0.300. The molecule has 0 unspecified atom stereocenters. The van der Waals surface area contributed by atoms with Gasteiger partial charge in [-0.05, 0) is 31.0 Å². The highest BCUT2D eigenvalue weighted by atomic mass is 35.5. The van der Waals surface area contributed by atoms with Gasteiger partial charge in [0.15, 0.2) is 0 Å². The molecule has 1 aliphatic rings. The molecule has 1 aromatic carbocycles. The van der Waals surface area contributed by atoms with Gasteiger partial charge >= 0.3 is 0 Å². The number of ether oxygens (including phenoxy) is 1. The number of hydrogen-bond acceptors (Lipinski definition) is 2. The molecule has 1 saturated carbocycles. The summed E-state index contributed by atoms with van der Waals surface area (Å²) in [7, 11) is 0. The number of nitrogens with two attached hydrogens (primary N) is 1. The third-order valence-electron chi connectivity index (χ3n) is 1.98. The summed E-state index contributed by atoms with van der Waals surface area (Å²) in [5.41, 5.74) is 5.53. The molecule has 74 valence electrons. The zero-order valence-electron chi connectivity index (χ0n) is 7.50. The van der Waals surface area contributed by atoms with E-state index in [4.69, 9.17) is 22.1 Å². The monoisotopic (exact) mass is 211 g/mol. The number of benzene rings is 1. The van der Waals surface area contributed by atoms with Crippen molar-refractivity contribution in [1.29, 1.82) is 0 Å². The van der Waals surface area contributed by atoms with Crippen LogP contribution in [0.2, 0.25) is 5.02 Å². The Kier molecular flexibility index (Phi) is 2.33. The first-order valence-electron chi connectivity index (χ1n) is 4.42. The lowest BCUT2D eigenvalue weighted by Crippen LogP contribution is -2.11. The van der Waals surface area contributed by atoms with Gasteiger partial charge in [-0.25, -0.2) is 0 Å². The predicted octanol–water partition coefficient (Wildman–Crippen LogP) is 1.98. The third kappa shape index (κ3) is 2.17. The molecule has 1 aliphatic carbocycles. The van der Waals surface area contributed by atoms with Crippen LogP contribution in [-0.2, 0) is 0 Å². The first kappa shape index (κ1) is 9.34. The highest BCUT2D eigenvalue weighted by Gasteiger charge is 2.23. The Morgan fingerprint density at radius 1 is 1.43 bits per heavy atom. The number of amides is 1. The lowest BCUT2D eigenvalue weighted by molar-refractivity contribution is 0.0999. The van der Waals surface area contributed by atoms with E-state index in [9.17, 15) is 4.79 Å². The molecule has 2 rings (SSSR count). The van der Waals surface area contributed by atoms with Gasteiger partial charge in [0.2, 0.25) is 5.91 Å². The zero-order chi connectivity index (χ0) is 10.1. The van der Waals surface area contributed by atoms with Crippen LogP contribution < -0.4 is 10.5 Å². The van der Waals surface area contributed by atoms with Crippen molar-refractivity contribution in [2.24, 2.45) is 5.73 Å². The lowest BCUT2D eigenvalue weighted by atomic mass is 10.2. The van der Waals surface area contributed by atoms with Gasteiger partial charge in [-0.15, -0.1) is 0 Å². The molecule has 1 fully saturated rings. The molecule has 1 amide bonds. The van der Waals surface area contributed by atoms with Crippen molar-refractivity contribution in [1.82, 2.24) is 0 Å². The number of rotatable bonds is 3. The molecule has 0 heterocycles. The van der Waals surface area contributed by atoms with Gasteiger partial charge in [0, 0.05) is 10.6 Å². The summed E-state index contributed by atoms with van der Waals surface area (Å²) >= 11 is 5.81. The fourth-order valence-corrected chi connectivity index (χ4v) is 1.38. The van der Waals surface area contributed by atoms with Crippen molar-refractivity contribution in [2.75, 3.05) is 0 Å². The van der Waals surface area contributed by atoms with Gasteiger partial charge in [-0.2, -0.15) is 0 Å². The second-order valence-electron chi connectivity index (χ2n) is 3.36. The predicted molar refractivity (Wildman–Crippen MR) is 53.6 cm³/mol. The lowest BCUT2D eigenvalue weighted by Gasteiger charge is -2.06. The molecular weight excluding hydrogens is 202 g/mol. The molecule has 0 aliphatic heterocycles. The summed E-state index contributed by atoms with van der Waals surface area (Å²) in [4.78, 5) is 10.9. The Morgan fingerprint density at radius 2 is 2.14 bits per heavy atom. The molecule has 0 radical (unpaired) electrons. The summed E-state index contributed by atoms with van der Waals surface area (Å²) in [6.07, 6.45) is 2.42. The number of carbonyl (C=O) groups excluding carboxylic acids is 1. The maximum Gasteiger partial charge on any atom is 0.248 e. The van der Waals surface area contributed by atoms with Crippen LogP contribution in [0.3, 0.4) is 0 Å². The molecule has 1 aromatic rings. The Labute approximate surface area is 86.8 Å². The average Bonchev–Trinajstić information content (AvgIpc) is 2.87. The smallest absolute Gasteiger partial charge is 0.248 e. The van der Waals surface area contributed by atoms with Crippen molar-refractivity contribution in [3.8, 4) is 5.75 Å². The maximum absolute atomic E-state index is 10.9. The van der Waals surface area contributed by atoms with Crippen molar-refractivity contribution >= 4 is 17.5 Å². The third-order valence-corrected chi connectivity index (χ3v) is 2.20. The van der Waals surface area contributed by atoms with Crippen LogP contribution in [-0.4, -0.2) is 12.0 Å². The van der Waals surface area contributed by atoms with Gasteiger partial charge < -0.3 is 10.5 Å². The van der Waals surface area contributed by atoms with Gasteiger partial charge in [0.25, 0.3) is 0 Å². The topological polar surface area (TPSA) is 52.3 Å². The Hall–Kier alpha value is -1.22. The van der Waals surface area contributed by atoms with Gasteiger partial charge in [0.1, 0.15) is 5.75 Å². The molecule has 0 atom stereocenters. The minimum Gasteiger partial charge on any atom is -0.490 e. The van der Waals surface area contributed by atoms with Gasteiger partial charge in [0.05, 0.1) is 6.10 Å². The number of primary amides is 1. The summed E-state index contributed by atoms with van der Waals surface area (Å²) < 4.78 is 5.50. The Morgan fingerprint density at radius 3 is 2.71 bits per heavy atom. The van der Waals surface area contributed by atoms with E-state index in [-0.39, 0.29) is 6.10 Å². The molecule has 0 aromatic heterocycles. The van der Waals surface area contributed by atoms with Crippen LogP contribution >= 0.6 is 11.6 Å². The van der Waals surface area contributed by atoms with Crippen molar-refractivity contribution in [3.63, 3.8) is 0 Å². The first-order valence-corrected chi connectivity index (χ1v) is 4.80. The maximum atomic E-state index is 10.9. The average molecular weight is 212 g/mol. The summed E-state index contributed by atoms with van der Waals surface area (Å²) in [6.45, 7) is 0. The minimum atomic E-state index is -0.492. The van der Waals surface area contributed by atoms with Gasteiger partial charge in [-0.1, -0.05) is 11.6 Å². The normalized spacial score (nSPS) is 15.2. The molecule has 0 saturated heterocycles. The standard InChI is InChI=1S/C10H10ClNO2/c11-7-3-6(10(12)13)4-9(5-7)14-8-1-2-8/h3-5,8H,1-2H2,(H2,12,13). The van der Waals surface area contributed by atoms with Crippen molar-refractivity contribution < 1.29 is 9.53 Å². The van der Waals surface area contributed by atoms with E-state index in [1.807, 2.05) is 0 Å². The van der Waals surface area contributed by atoms with E-state index in [0.29, 0.717) is 16.3 Å². The Balaban J connectivity index is 2.25. The van der Waals surface area contributed by atoms with Crippen LogP contribution in [0.4, 0.5) is 0 Å². The van der Waals surface area contributed by atoms with E-state index in [1.54, 1.807) is 12.1 Å². The van der Waals surface area contributed by atoms with Crippen molar-refractivity contribution in [2.45, 2.75) is 18.9 Å². The highest BCUT2D eigenvalue weighted by Crippen LogP contribution is 2.29.